The van der Waals surface area contributed by atoms with Crippen LogP contribution in [0.1, 0.15) is 25.3 Å². The summed E-state index contributed by atoms with van der Waals surface area (Å²) in [5.74, 6) is -0.0362. The van der Waals surface area contributed by atoms with E-state index in [0.717, 1.165) is 5.56 Å². The van der Waals surface area contributed by atoms with Gasteiger partial charge in [-0.2, -0.15) is 0 Å². The Kier molecular flexibility index (Phi) is 6.83. The standard InChI is InChI=1S/C19H21NO4/c1-2-23-19(22)13-12-18(21)20-16-10-6-7-11-17(16)24-14-15-8-4-3-5-9-15/h3-11H,2,12-14H2,1H3,(H,20,21). The van der Waals surface area contributed by atoms with Gasteiger partial charge in [0, 0.05) is 6.42 Å². The van der Waals surface area contributed by atoms with E-state index < -0.39 is 0 Å². The van der Waals surface area contributed by atoms with Gasteiger partial charge in [-0.1, -0.05) is 42.5 Å². The summed E-state index contributed by atoms with van der Waals surface area (Å²) in [5.41, 5.74) is 1.63. The molecule has 0 unspecified atom stereocenters. The lowest BCUT2D eigenvalue weighted by Gasteiger charge is -2.12. The highest BCUT2D eigenvalue weighted by atomic mass is 16.5. The summed E-state index contributed by atoms with van der Waals surface area (Å²) in [6.45, 7) is 2.46. The molecule has 0 saturated heterocycles. The van der Waals surface area contributed by atoms with Crippen LogP contribution in [-0.2, 0) is 20.9 Å². The van der Waals surface area contributed by atoms with Crippen molar-refractivity contribution in [3.8, 4) is 5.75 Å². The van der Waals surface area contributed by atoms with Crippen molar-refractivity contribution in [3.05, 3.63) is 60.2 Å². The number of amides is 1. The minimum atomic E-state index is -0.374. The van der Waals surface area contributed by atoms with E-state index in [2.05, 4.69) is 5.32 Å². The number of ether oxygens (including phenoxy) is 2. The summed E-state index contributed by atoms with van der Waals surface area (Å²) in [4.78, 5) is 23.3. The van der Waals surface area contributed by atoms with Crippen LogP contribution in [0.25, 0.3) is 0 Å². The number of rotatable bonds is 8. The molecule has 126 valence electrons. The Morgan fingerprint density at radius 1 is 0.958 bits per heavy atom. The number of esters is 1. The van der Waals surface area contributed by atoms with Crippen LogP contribution in [0.5, 0.6) is 5.75 Å². The molecule has 1 amide bonds. The maximum Gasteiger partial charge on any atom is 0.306 e. The van der Waals surface area contributed by atoms with Crippen molar-refractivity contribution >= 4 is 17.6 Å². The molecule has 24 heavy (non-hydrogen) atoms. The zero-order valence-electron chi connectivity index (χ0n) is 13.7. The highest BCUT2D eigenvalue weighted by Crippen LogP contribution is 2.25. The number of anilines is 1. The van der Waals surface area contributed by atoms with Gasteiger partial charge < -0.3 is 14.8 Å². The smallest absolute Gasteiger partial charge is 0.306 e. The molecule has 0 spiro atoms. The molecule has 2 aromatic carbocycles. The van der Waals surface area contributed by atoms with Gasteiger partial charge in [-0.25, -0.2) is 0 Å². The molecule has 2 aromatic rings. The molecule has 0 aliphatic heterocycles. The SMILES string of the molecule is CCOC(=O)CCC(=O)Nc1ccccc1OCc1ccccc1. The second-order valence-electron chi connectivity index (χ2n) is 5.12. The van der Waals surface area contributed by atoms with Crippen molar-refractivity contribution in [3.63, 3.8) is 0 Å². The van der Waals surface area contributed by atoms with E-state index >= 15 is 0 Å². The molecule has 0 aliphatic rings. The molecule has 5 nitrogen and oxygen atoms in total. The fourth-order valence-corrected chi connectivity index (χ4v) is 2.09. The van der Waals surface area contributed by atoms with Crippen LogP contribution < -0.4 is 10.1 Å². The van der Waals surface area contributed by atoms with E-state index in [1.54, 1.807) is 19.1 Å². The predicted octanol–water partition coefficient (Wildman–Crippen LogP) is 3.55. The van der Waals surface area contributed by atoms with Crippen LogP contribution in [0, 0.1) is 0 Å². The fourth-order valence-electron chi connectivity index (χ4n) is 2.09. The Hall–Kier alpha value is -2.82. The molecular weight excluding hydrogens is 306 g/mol. The Morgan fingerprint density at radius 3 is 2.42 bits per heavy atom. The number of carbonyl (C=O) groups excluding carboxylic acids is 2. The third-order valence-electron chi connectivity index (χ3n) is 3.26. The minimum Gasteiger partial charge on any atom is -0.487 e. The average Bonchev–Trinajstić information content (AvgIpc) is 2.60. The molecule has 0 fully saturated rings. The fraction of sp³-hybridized carbons (Fsp3) is 0.263. The van der Waals surface area contributed by atoms with Crippen molar-refractivity contribution in [2.45, 2.75) is 26.4 Å². The molecule has 0 bridgehead atoms. The number of hydrogen-bond donors (Lipinski definition) is 1. The number of hydrogen-bond acceptors (Lipinski definition) is 4. The predicted molar refractivity (Wildman–Crippen MR) is 91.7 cm³/mol. The maximum atomic E-state index is 12.0. The lowest BCUT2D eigenvalue weighted by atomic mass is 10.2. The topological polar surface area (TPSA) is 64.6 Å². The lowest BCUT2D eigenvalue weighted by molar-refractivity contribution is -0.144. The van der Waals surface area contributed by atoms with Gasteiger partial charge in [0.1, 0.15) is 12.4 Å². The van der Waals surface area contributed by atoms with Gasteiger partial charge in [-0.05, 0) is 24.6 Å². The van der Waals surface area contributed by atoms with E-state index in [9.17, 15) is 9.59 Å². The van der Waals surface area contributed by atoms with Crippen LogP contribution >= 0.6 is 0 Å². The van der Waals surface area contributed by atoms with Crippen molar-refractivity contribution in [2.75, 3.05) is 11.9 Å². The van der Waals surface area contributed by atoms with Gasteiger partial charge in [0.15, 0.2) is 0 Å². The Balaban J connectivity index is 1.91. The van der Waals surface area contributed by atoms with E-state index in [-0.39, 0.29) is 24.7 Å². The molecule has 1 N–H and O–H groups in total. The van der Waals surface area contributed by atoms with Crippen molar-refractivity contribution in [2.24, 2.45) is 0 Å². The third-order valence-corrected chi connectivity index (χ3v) is 3.26. The molecule has 2 rings (SSSR count). The molecule has 0 atom stereocenters. The first kappa shape index (κ1) is 17.5. The first-order valence-corrected chi connectivity index (χ1v) is 7.90. The van der Waals surface area contributed by atoms with Crippen LogP contribution in [-0.4, -0.2) is 18.5 Å². The van der Waals surface area contributed by atoms with Crippen molar-refractivity contribution < 1.29 is 19.1 Å². The summed E-state index contributed by atoms with van der Waals surface area (Å²) in [7, 11) is 0. The summed E-state index contributed by atoms with van der Waals surface area (Å²) in [6.07, 6.45) is 0.137. The zero-order valence-corrected chi connectivity index (χ0v) is 13.7. The summed E-state index contributed by atoms with van der Waals surface area (Å²) in [5, 5.41) is 2.77. The number of carbonyl (C=O) groups is 2. The maximum absolute atomic E-state index is 12.0. The second kappa shape index (κ2) is 9.35. The van der Waals surface area contributed by atoms with E-state index in [1.807, 2.05) is 42.5 Å². The van der Waals surface area contributed by atoms with Crippen LogP contribution in [0.15, 0.2) is 54.6 Å². The molecule has 0 aliphatic carbocycles. The number of para-hydroxylation sites is 2. The second-order valence-corrected chi connectivity index (χ2v) is 5.12. The first-order valence-electron chi connectivity index (χ1n) is 7.90. The highest BCUT2D eigenvalue weighted by molar-refractivity contribution is 5.93. The van der Waals surface area contributed by atoms with E-state index in [1.165, 1.54) is 0 Å². The molecular formula is C19H21NO4. The Bertz CT molecular complexity index is 670. The van der Waals surface area contributed by atoms with Gasteiger partial charge in [-0.3, -0.25) is 9.59 Å². The molecule has 0 aromatic heterocycles. The van der Waals surface area contributed by atoms with Gasteiger partial charge in [-0.15, -0.1) is 0 Å². The normalized spacial score (nSPS) is 10.0. The molecule has 0 heterocycles. The van der Waals surface area contributed by atoms with Crippen LogP contribution in [0.2, 0.25) is 0 Å². The average molecular weight is 327 g/mol. The van der Waals surface area contributed by atoms with Gasteiger partial charge in [0.2, 0.25) is 5.91 Å². The van der Waals surface area contributed by atoms with Crippen LogP contribution in [0.4, 0.5) is 5.69 Å². The monoisotopic (exact) mass is 327 g/mol. The highest BCUT2D eigenvalue weighted by Gasteiger charge is 2.10. The number of nitrogens with one attached hydrogen (secondary N) is 1. The van der Waals surface area contributed by atoms with E-state index in [0.29, 0.717) is 24.7 Å². The van der Waals surface area contributed by atoms with Gasteiger partial charge in [0.05, 0.1) is 18.7 Å². The molecule has 5 heteroatoms. The van der Waals surface area contributed by atoms with Crippen molar-refractivity contribution in [1.82, 2.24) is 0 Å². The van der Waals surface area contributed by atoms with Crippen LogP contribution in [0.3, 0.4) is 0 Å². The molecule has 0 saturated carbocycles. The minimum absolute atomic E-state index is 0.0622. The largest absolute Gasteiger partial charge is 0.487 e. The first-order chi connectivity index (χ1) is 11.7. The zero-order chi connectivity index (χ0) is 17.2. The number of benzene rings is 2. The summed E-state index contributed by atoms with van der Waals surface area (Å²) in [6, 6.07) is 17.0. The summed E-state index contributed by atoms with van der Waals surface area (Å²) < 4.78 is 10.6. The molecule has 0 radical (unpaired) electrons. The third kappa shape index (κ3) is 5.76. The van der Waals surface area contributed by atoms with Gasteiger partial charge >= 0.3 is 5.97 Å². The summed E-state index contributed by atoms with van der Waals surface area (Å²) >= 11 is 0. The van der Waals surface area contributed by atoms with E-state index in [4.69, 9.17) is 9.47 Å². The Morgan fingerprint density at radius 2 is 1.67 bits per heavy atom. The lowest BCUT2D eigenvalue weighted by Crippen LogP contribution is -2.15. The van der Waals surface area contributed by atoms with Gasteiger partial charge in [0.25, 0.3) is 0 Å². The Labute approximate surface area is 141 Å². The quantitative estimate of drug-likeness (QED) is 0.753. The van der Waals surface area contributed by atoms with Crippen molar-refractivity contribution in [1.29, 1.82) is 0 Å².